The first kappa shape index (κ1) is 21.5. The third kappa shape index (κ3) is 4.06. The van der Waals surface area contributed by atoms with Gasteiger partial charge >= 0.3 is 12.1 Å². The van der Waals surface area contributed by atoms with Crippen LogP contribution >= 0.6 is 11.3 Å². The zero-order valence-electron chi connectivity index (χ0n) is 15.7. The number of thiophene rings is 1. The molecule has 0 aliphatic carbocycles. The van der Waals surface area contributed by atoms with E-state index in [9.17, 15) is 28.2 Å². The number of hydrogen-bond acceptors (Lipinski definition) is 7. The Bertz CT molecular complexity index is 725. The minimum Gasteiger partial charge on any atom is -0.464 e. The first-order valence-corrected chi connectivity index (χ1v) is 10.0. The van der Waals surface area contributed by atoms with E-state index in [2.05, 4.69) is 0 Å². The molecule has 0 unspecified atom stereocenters. The van der Waals surface area contributed by atoms with E-state index in [1.54, 1.807) is 6.92 Å². The Labute approximate surface area is 164 Å². The van der Waals surface area contributed by atoms with Crippen LogP contribution in [-0.2, 0) is 26.0 Å². The van der Waals surface area contributed by atoms with Crippen molar-refractivity contribution >= 4 is 17.3 Å². The molecule has 0 amide bonds. The molecular formula is C18H24F3NO5S. The van der Waals surface area contributed by atoms with Crippen LogP contribution in [0.1, 0.15) is 48.1 Å². The number of β-amino-alcohol motifs (C(OH)–C–C–N with tert-alkyl or cyclic N) is 1. The predicted molar refractivity (Wildman–Crippen MR) is 94.8 cm³/mol. The van der Waals surface area contributed by atoms with Gasteiger partial charge in [0.15, 0.2) is 6.10 Å². The summed E-state index contributed by atoms with van der Waals surface area (Å²) >= 11 is 0.628. The second kappa shape index (κ2) is 7.91. The Balaban J connectivity index is 1.78. The highest BCUT2D eigenvalue weighted by Crippen LogP contribution is 2.51. The highest BCUT2D eigenvalue weighted by molar-refractivity contribution is 7.12. The average Bonchev–Trinajstić information content (AvgIpc) is 3.08. The number of hydrogen-bond donors (Lipinski definition) is 2. The van der Waals surface area contributed by atoms with Crippen LogP contribution in [0.5, 0.6) is 0 Å². The Hall–Kier alpha value is -1.20. The Morgan fingerprint density at radius 1 is 1.54 bits per heavy atom. The van der Waals surface area contributed by atoms with E-state index in [1.807, 2.05) is 11.8 Å². The van der Waals surface area contributed by atoms with Crippen molar-refractivity contribution in [1.82, 2.24) is 4.90 Å². The number of fused-ring (bicyclic) bond motifs is 2. The van der Waals surface area contributed by atoms with Crippen molar-refractivity contribution in [3.8, 4) is 0 Å². The number of esters is 1. The summed E-state index contributed by atoms with van der Waals surface area (Å²) in [5.74, 6) is -0.692. The van der Waals surface area contributed by atoms with E-state index >= 15 is 0 Å². The van der Waals surface area contributed by atoms with Crippen LogP contribution < -0.4 is 0 Å². The fourth-order valence-electron chi connectivity index (χ4n) is 3.94. The van der Waals surface area contributed by atoms with Gasteiger partial charge in [-0.2, -0.15) is 13.2 Å². The molecule has 2 aliphatic rings. The minimum absolute atomic E-state index is 0.0563. The molecule has 0 radical (unpaired) electrons. The molecule has 1 saturated heterocycles. The third-order valence-electron chi connectivity index (χ3n) is 5.35. The normalized spacial score (nSPS) is 29.5. The van der Waals surface area contributed by atoms with Crippen LogP contribution in [0.15, 0.2) is 6.07 Å². The van der Waals surface area contributed by atoms with E-state index in [0.29, 0.717) is 35.6 Å². The quantitative estimate of drug-likeness (QED) is 0.725. The SMILES string of the molecule is CCOC(=O)[C@H](O)CN1CC[C@]2(C[C@@H]1C)OC[C@@H](O)c1cc(C(F)(F)F)sc12. The molecule has 1 fully saturated rings. The fourth-order valence-corrected chi connectivity index (χ4v) is 5.20. The maximum atomic E-state index is 13.2. The van der Waals surface area contributed by atoms with Gasteiger partial charge in [0.25, 0.3) is 0 Å². The minimum atomic E-state index is -4.47. The fraction of sp³-hybridized carbons (Fsp3) is 0.722. The molecule has 0 saturated carbocycles. The molecule has 28 heavy (non-hydrogen) atoms. The molecule has 0 bridgehead atoms. The van der Waals surface area contributed by atoms with Gasteiger partial charge in [0.1, 0.15) is 16.6 Å². The lowest BCUT2D eigenvalue weighted by molar-refractivity contribution is -0.158. The van der Waals surface area contributed by atoms with Gasteiger partial charge in [0.2, 0.25) is 0 Å². The van der Waals surface area contributed by atoms with E-state index in [0.717, 1.165) is 6.07 Å². The van der Waals surface area contributed by atoms with Crippen molar-refractivity contribution in [3.05, 3.63) is 21.4 Å². The van der Waals surface area contributed by atoms with E-state index in [1.165, 1.54) is 0 Å². The maximum absolute atomic E-state index is 13.2. The summed E-state index contributed by atoms with van der Waals surface area (Å²) in [4.78, 5) is 13.2. The molecule has 3 heterocycles. The summed E-state index contributed by atoms with van der Waals surface area (Å²) in [5, 5.41) is 20.1. The first-order valence-electron chi connectivity index (χ1n) is 9.19. The molecule has 0 aromatic carbocycles. The van der Waals surface area contributed by atoms with Crippen molar-refractivity contribution in [2.45, 2.75) is 56.7 Å². The monoisotopic (exact) mass is 423 g/mol. The van der Waals surface area contributed by atoms with Gasteiger partial charge in [-0.3, -0.25) is 4.90 Å². The summed E-state index contributed by atoms with van der Waals surface area (Å²) in [5.41, 5.74) is -0.608. The molecule has 6 nitrogen and oxygen atoms in total. The Kier molecular flexibility index (Phi) is 6.07. The number of aliphatic hydroxyl groups is 2. The van der Waals surface area contributed by atoms with Crippen molar-refractivity contribution in [1.29, 1.82) is 0 Å². The first-order chi connectivity index (χ1) is 13.1. The van der Waals surface area contributed by atoms with Gasteiger partial charge in [-0.25, -0.2) is 4.79 Å². The van der Waals surface area contributed by atoms with Gasteiger partial charge in [0, 0.05) is 29.6 Å². The van der Waals surface area contributed by atoms with Crippen molar-refractivity contribution in [3.63, 3.8) is 0 Å². The second-order valence-electron chi connectivity index (χ2n) is 7.28. The maximum Gasteiger partial charge on any atom is 0.425 e. The number of piperidine rings is 1. The number of aliphatic hydroxyl groups excluding tert-OH is 2. The number of carbonyl (C=O) groups is 1. The number of likely N-dealkylation sites (tertiary alicyclic amines) is 1. The van der Waals surface area contributed by atoms with Gasteiger partial charge < -0.3 is 19.7 Å². The number of carbonyl (C=O) groups excluding carboxylic acids is 1. The molecule has 1 aromatic rings. The van der Waals surface area contributed by atoms with Crippen LogP contribution in [0.25, 0.3) is 0 Å². The average molecular weight is 423 g/mol. The summed E-state index contributed by atoms with van der Waals surface area (Å²) in [7, 11) is 0. The summed E-state index contributed by atoms with van der Waals surface area (Å²) in [6, 6.07) is 0.883. The van der Waals surface area contributed by atoms with Gasteiger partial charge in [-0.05, 0) is 32.8 Å². The lowest BCUT2D eigenvalue weighted by Crippen LogP contribution is -2.53. The van der Waals surface area contributed by atoms with Crippen LogP contribution in [0.2, 0.25) is 0 Å². The largest absolute Gasteiger partial charge is 0.464 e. The number of ether oxygens (including phenoxy) is 2. The van der Waals surface area contributed by atoms with Gasteiger partial charge in [0.05, 0.1) is 13.2 Å². The molecule has 1 aromatic heterocycles. The molecule has 158 valence electrons. The van der Waals surface area contributed by atoms with Crippen LogP contribution in [-0.4, -0.2) is 59.5 Å². The highest BCUT2D eigenvalue weighted by Gasteiger charge is 2.49. The van der Waals surface area contributed by atoms with Crippen LogP contribution in [0, 0.1) is 0 Å². The smallest absolute Gasteiger partial charge is 0.425 e. The Morgan fingerprint density at radius 3 is 2.86 bits per heavy atom. The lowest BCUT2D eigenvalue weighted by atomic mass is 9.81. The van der Waals surface area contributed by atoms with Crippen molar-refractivity contribution in [2.24, 2.45) is 0 Å². The molecule has 2 aliphatic heterocycles. The zero-order chi connectivity index (χ0) is 20.7. The summed E-state index contributed by atoms with van der Waals surface area (Å²) in [6.07, 6.45) is -6.02. The number of halogens is 3. The summed E-state index contributed by atoms with van der Waals surface area (Å²) < 4.78 is 50.3. The lowest BCUT2D eigenvalue weighted by Gasteiger charge is -2.48. The topological polar surface area (TPSA) is 79.2 Å². The highest BCUT2D eigenvalue weighted by atomic mass is 32.1. The molecule has 10 heteroatoms. The van der Waals surface area contributed by atoms with Gasteiger partial charge in [-0.1, -0.05) is 0 Å². The molecule has 4 atom stereocenters. The number of rotatable bonds is 4. The second-order valence-corrected chi connectivity index (χ2v) is 8.33. The van der Waals surface area contributed by atoms with E-state index in [4.69, 9.17) is 9.47 Å². The van der Waals surface area contributed by atoms with Crippen LogP contribution in [0.3, 0.4) is 0 Å². The Morgan fingerprint density at radius 2 is 2.25 bits per heavy atom. The predicted octanol–water partition coefficient (Wildman–Crippen LogP) is 2.43. The van der Waals surface area contributed by atoms with Crippen LogP contribution in [0.4, 0.5) is 13.2 Å². The van der Waals surface area contributed by atoms with Crippen molar-refractivity contribution < 1.29 is 37.7 Å². The molecule has 2 N–H and O–H groups in total. The third-order valence-corrected chi connectivity index (χ3v) is 6.73. The molecule has 1 spiro atoms. The van der Waals surface area contributed by atoms with E-state index in [-0.39, 0.29) is 31.4 Å². The number of alkyl halides is 3. The zero-order valence-corrected chi connectivity index (χ0v) is 16.5. The number of nitrogens with zero attached hydrogens (tertiary/aromatic N) is 1. The van der Waals surface area contributed by atoms with E-state index < -0.39 is 34.8 Å². The van der Waals surface area contributed by atoms with Crippen molar-refractivity contribution in [2.75, 3.05) is 26.3 Å². The standard InChI is InChI=1S/C18H24F3NO5S/c1-3-26-16(25)12(23)8-22-5-4-17(7-10(22)2)15-11(13(24)9-27-17)6-14(28-15)18(19,20)21/h6,10,12-13,23-24H,3-5,7-9H2,1-2H3/t10-,12+,13+,17+/m0/s1. The van der Waals surface area contributed by atoms with Gasteiger partial charge in [-0.15, -0.1) is 11.3 Å². The molecule has 3 rings (SSSR count). The summed E-state index contributed by atoms with van der Waals surface area (Å²) in [6.45, 7) is 4.18. The molecular weight excluding hydrogens is 399 g/mol.